The van der Waals surface area contributed by atoms with Crippen molar-refractivity contribution in [2.45, 2.75) is 26.4 Å². The number of ether oxygens (including phenoxy) is 1. The Labute approximate surface area is 111 Å². The van der Waals surface area contributed by atoms with Crippen LogP contribution in [-0.2, 0) is 0 Å². The van der Waals surface area contributed by atoms with Crippen LogP contribution in [0.1, 0.15) is 31.1 Å². The van der Waals surface area contributed by atoms with E-state index in [9.17, 15) is 20.0 Å². The molecule has 0 saturated heterocycles. The van der Waals surface area contributed by atoms with E-state index in [1.165, 1.54) is 12.1 Å². The van der Waals surface area contributed by atoms with Crippen molar-refractivity contribution in [2.24, 2.45) is 5.92 Å². The molecular formula is C13H17NO5. The zero-order valence-corrected chi connectivity index (χ0v) is 11.1. The Bertz CT molecular complexity index is 482. The summed E-state index contributed by atoms with van der Waals surface area (Å²) in [6, 6.07) is 3.76. The average molecular weight is 267 g/mol. The van der Waals surface area contributed by atoms with Crippen molar-refractivity contribution in [1.29, 1.82) is 0 Å². The number of hydrogen-bond donors (Lipinski definition) is 1. The second-order valence-corrected chi connectivity index (χ2v) is 4.90. The van der Waals surface area contributed by atoms with Crippen LogP contribution in [0.15, 0.2) is 18.2 Å². The minimum atomic E-state index is -1.04. The summed E-state index contributed by atoms with van der Waals surface area (Å²) >= 11 is 0. The number of aliphatic hydroxyl groups is 1. The number of nitrogens with zero attached hydrogens (tertiary/aromatic N) is 1. The highest BCUT2D eigenvalue weighted by Crippen LogP contribution is 2.25. The molecule has 0 aliphatic rings. The predicted octanol–water partition coefficient (Wildman–Crippen LogP) is 2.19. The summed E-state index contributed by atoms with van der Waals surface area (Å²) in [4.78, 5) is 20.9. The van der Waals surface area contributed by atoms with E-state index in [2.05, 4.69) is 0 Å². The number of carbonyl (C=O) groups is 1. The third kappa shape index (κ3) is 3.75. The third-order valence-corrected chi connectivity index (χ3v) is 3.09. The maximum Gasteiger partial charge on any atom is 0.270 e. The third-order valence-electron chi connectivity index (χ3n) is 3.09. The number of benzene rings is 1. The summed E-state index contributed by atoms with van der Waals surface area (Å²) in [6.45, 7) is 5.33. The van der Waals surface area contributed by atoms with Crippen molar-refractivity contribution in [1.82, 2.24) is 0 Å². The summed E-state index contributed by atoms with van der Waals surface area (Å²) in [5.74, 6) is 0.201. The number of nitro groups is 1. The summed E-state index contributed by atoms with van der Waals surface area (Å²) in [6.07, 6.45) is 0.492. The van der Waals surface area contributed by atoms with Crippen LogP contribution in [0.5, 0.6) is 5.75 Å². The summed E-state index contributed by atoms with van der Waals surface area (Å²) in [5.41, 5.74) is -1.12. The Morgan fingerprint density at radius 1 is 1.53 bits per heavy atom. The first kappa shape index (κ1) is 15.1. The molecule has 19 heavy (non-hydrogen) atoms. The van der Waals surface area contributed by atoms with Crippen LogP contribution in [0.4, 0.5) is 5.69 Å². The number of carbonyl (C=O) groups excluding carboxylic acids is 1. The van der Waals surface area contributed by atoms with Gasteiger partial charge in [0.2, 0.25) is 0 Å². The van der Waals surface area contributed by atoms with Gasteiger partial charge in [0.05, 0.1) is 16.1 Å². The fourth-order valence-electron chi connectivity index (χ4n) is 1.26. The summed E-state index contributed by atoms with van der Waals surface area (Å²) < 4.78 is 5.39. The molecule has 0 aromatic heterocycles. The van der Waals surface area contributed by atoms with Gasteiger partial charge in [0.15, 0.2) is 6.29 Å². The molecule has 0 heterocycles. The van der Waals surface area contributed by atoms with Crippen molar-refractivity contribution >= 4 is 12.0 Å². The Morgan fingerprint density at radius 2 is 2.16 bits per heavy atom. The zero-order chi connectivity index (χ0) is 14.6. The number of aldehydes is 1. The van der Waals surface area contributed by atoms with Crippen molar-refractivity contribution in [3.63, 3.8) is 0 Å². The number of nitro benzene ring substituents is 1. The lowest BCUT2D eigenvalue weighted by molar-refractivity contribution is -0.384. The summed E-state index contributed by atoms with van der Waals surface area (Å²) in [5, 5.41) is 20.6. The molecule has 0 fully saturated rings. The maximum absolute atomic E-state index is 10.9. The second kappa shape index (κ2) is 5.79. The van der Waals surface area contributed by atoms with E-state index in [-0.39, 0.29) is 29.5 Å². The van der Waals surface area contributed by atoms with E-state index in [0.29, 0.717) is 6.29 Å². The minimum Gasteiger partial charge on any atom is -0.490 e. The molecule has 1 N–H and O–H groups in total. The van der Waals surface area contributed by atoms with Gasteiger partial charge >= 0.3 is 0 Å². The molecular weight excluding hydrogens is 250 g/mol. The minimum absolute atomic E-state index is 0.00329. The van der Waals surface area contributed by atoms with Crippen LogP contribution in [0.25, 0.3) is 0 Å². The van der Waals surface area contributed by atoms with E-state index in [4.69, 9.17) is 4.74 Å². The van der Waals surface area contributed by atoms with Crippen molar-refractivity contribution in [3.8, 4) is 5.75 Å². The lowest BCUT2D eigenvalue weighted by Gasteiger charge is -2.27. The first-order valence-corrected chi connectivity index (χ1v) is 5.86. The van der Waals surface area contributed by atoms with Gasteiger partial charge in [-0.25, -0.2) is 0 Å². The van der Waals surface area contributed by atoms with Gasteiger partial charge in [-0.15, -0.1) is 0 Å². The van der Waals surface area contributed by atoms with E-state index in [1.54, 1.807) is 6.92 Å². The highest BCUT2D eigenvalue weighted by Gasteiger charge is 2.26. The first-order valence-electron chi connectivity index (χ1n) is 5.86. The number of rotatable bonds is 6. The molecule has 0 radical (unpaired) electrons. The Kier molecular flexibility index (Phi) is 4.61. The molecule has 1 rings (SSSR count). The van der Waals surface area contributed by atoms with Gasteiger partial charge in [-0.1, -0.05) is 13.8 Å². The average Bonchev–Trinajstić information content (AvgIpc) is 2.35. The van der Waals surface area contributed by atoms with E-state index >= 15 is 0 Å². The fraction of sp³-hybridized carbons (Fsp3) is 0.462. The van der Waals surface area contributed by atoms with Crippen LogP contribution >= 0.6 is 0 Å². The molecule has 1 unspecified atom stereocenters. The molecule has 0 saturated carbocycles. The van der Waals surface area contributed by atoms with Gasteiger partial charge in [0.25, 0.3) is 5.69 Å². The topological polar surface area (TPSA) is 89.7 Å². The molecule has 1 aromatic rings. The van der Waals surface area contributed by atoms with Gasteiger partial charge in [0, 0.05) is 12.1 Å². The van der Waals surface area contributed by atoms with E-state index < -0.39 is 10.5 Å². The SMILES string of the molecule is CC(C)C(C)(O)COc1ccc([N+](=O)[O-])cc1C=O. The number of hydrogen-bond acceptors (Lipinski definition) is 5. The quantitative estimate of drug-likeness (QED) is 0.484. The van der Waals surface area contributed by atoms with Crippen molar-refractivity contribution in [2.75, 3.05) is 6.61 Å². The lowest BCUT2D eigenvalue weighted by Crippen LogP contribution is -2.37. The molecule has 0 amide bonds. The maximum atomic E-state index is 10.9. The second-order valence-electron chi connectivity index (χ2n) is 4.90. The molecule has 6 heteroatoms. The van der Waals surface area contributed by atoms with Gasteiger partial charge in [0.1, 0.15) is 12.4 Å². The molecule has 6 nitrogen and oxygen atoms in total. The standard InChI is InChI=1S/C13H17NO5/c1-9(2)13(3,16)8-19-12-5-4-11(14(17)18)6-10(12)7-15/h4-7,9,16H,8H2,1-3H3. The normalized spacial score (nSPS) is 13.9. The molecule has 0 aliphatic heterocycles. The molecule has 0 bridgehead atoms. The summed E-state index contributed by atoms with van der Waals surface area (Å²) in [7, 11) is 0. The Morgan fingerprint density at radius 3 is 2.63 bits per heavy atom. The van der Waals surface area contributed by atoms with Crippen molar-refractivity contribution in [3.05, 3.63) is 33.9 Å². The zero-order valence-electron chi connectivity index (χ0n) is 11.1. The van der Waals surface area contributed by atoms with Crippen LogP contribution < -0.4 is 4.74 Å². The lowest BCUT2D eigenvalue weighted by atomic mass is 9.94. The molecule has 1 atom stereocenters. The van der Waals surface area contributed by atoms with Gasteiger partial charge in [-0.3, -0.25) is 14.9 Å². The van der Waals surface area contributed by atoms with Crippen LogP contribution in [0.2, 0.25) is 0 Å². The molecule has 0 spiro atoms. The smallest absolute Gasteiger partial charge is 0.270 e. The predicted molar refractivity (Wildman–Crippen MR) is 69.4 cm³/mol. The van der Waals surface area contributed by atoms with Crippen LogP contribution in [0, 0.1) is 16.0 Å². The van der Waals surface area contributed by atoms with E-state index in [1.807, 2.05) is 13.8 Å². The van der Waals surface area contributed by atoms with Gasteiger partial charge in [-0.05, 0) is 18.9 Å². The van der Waals surface area contributed by atoms with Crippen LogP contribution in [0.3, 0.4) is 0 Å². The molecule has 1 aromatic carbocycles. The van der Waals surface area contributed by atoms with Gasteiger partial charge in [-0.2, -0.15) is 0 Å². The highest BCUT2D eigenvalue weighted by molar-refractivity contribution is 5.80. The first-order chi connectivity index (χ1) is 8.77. The van der Waals surface area contributed by atoms with E-state index in [0.717, 1.165) is 6.07 Å². The largest absolute Gasteiger partial charge is 0.490 e. The Balaban J connectivity index is 2.90. The van der Waals surface area contributed by atoms with Crippen molar-refractivity contribution < 1.29 is 19.6 Å². The highest BCUT2D eigenvalue weighted by atomic mass is 16.6. The molecule has 104 valence electrons. The van der Waals surface area contributed by atoms with Gasteiger partial charge < -0.3 is 9.84 Å². The fourth-order valence-corrected chi connectivity index (χ4v) is 1.26. The molecule has 0 aliphatic carbocycles. The number of non-ortho nitro benzene ring substituents is 1. The monoisotopic (exact) mass is 267 g/mol. The Hall–Kier alpha value is -1.95. The van der Waals surface area contributed by atoms with Crippen LogP contribution in [-0.4, -0.2) is 28.5 Å².